The van der Waals surface area contributed by atoms with Crippen LogP contribution < -0.4 is 4.74 Å². The predicted octanol–water partition coefficient (Wildman–Crippen LogP) is 3.59. The van der Waals surface area contributed by atoms with Gasteiger partial charge in [0.1, 0.15) is 17.9 Å². The van der Waals surface area contributed by atoms with E-state index >= 15 is 0 Å². The van der Waals surface area contributed by atoms with Crippen molar-refractivity contribution < 1.29 is 9.47 Å². The summed E-state index contributed by atoms with van der Waals surface area (Å²) in [5.74, 6) is 1.67. The first kappa shape index (κ1) is 12.5. The van der Waals surface area contributed by atoms with Gasteiger partial charge in [-0.3, -0.25) is 0 Å². The molecule has 0 amide bonds. The number of ether oxygens (including phenoxy) is 2. The van der Waals surface area contributed by atoms with Gasteiger partial charge in [-0.2, -0.15) is 5.26 Å². The zero-order valence-corrected chi connectivity index (χ0v) is 10.9. The van der Waals surface area contributed by atoms with Crippen LogP contribution in [0.5, 0.6) is 5.75 Å². The zero-order chi connectivity index (χ0) is 13.1. The van der Waals surface area contributed by atoms with E-state index in [1.165, 1.54) is 0 Å². The number of nitriles is 1. The van der Waals surface area contributed by atoms with Gasteiger partial charge in [0, 0.05) is 0 Å². The molecule has 0 bridgehead atoms. The molecule has 2 atom stereocenters. The van der Waals surface area contributed by atoms with E-state index in [9.17, 15) is 0 Å². The van der Waals surface area contributed by atoms with E-state index in [0.717, 1.165) is 23.3 Å². The van der Waals surface area contributed by atoms with Crippen LogP contribution in [0.3, 0.4) is 0 Å². The Bertz CT molecular complexity index is 496. The van der Waals surface area contributed by atoms with Gasteiger partial charge in [0.2, 0.25) is 0 Å². The molecular formula is C15H17NO2. The second-order valence-electron chi connectivity index (χ2n) is 4.64. The number of hydrogen-bond acceptors (Lipinski definition) is 3. The average molecular weight is 243 g/mol. The van der Waals surface area contributed by atoms with Crippen LogP contribution in [0.25, 0.3) is 0 Å². The molecule has 0 aliphatic carbocycles. The van der Waals surface area contributed by atoms with Gasteiger partial charge in [0.15, 0.2) is 5.76 Å². The molecule has 1 aromatic carbocycles. The van der Waals surface area contributed by atoms with Crippen molar-refractivity contribution in [1.29, 1.82) is 5.26 Å². The summed E-state index contributed by atoms with van der Waals surface area (Å²) in [5.41, 5.74) is 2.13. The molecule has 94 valence electrons. The highest BCUT2D eigenvalue weighted by Gasteiger charge is 2.26. The minimum Gasteiger partial charge on any atom is -0.497 e. The lowest BCUT2D eigenvalue weighted by atomic mass is 9.89. The van der Waals surface area contributed by atoms with Crippen LogP contribution >= 0.6 is 0 Å². The number of methoxy groups -OCH3 is 1. The van der Waals surface area contributed by atoms with Crippen molar-refractivity contribution in [3.05, 3.63) is 41.2 Å². The number of benzene rings is 1. The highest BCUT2D eigenvalue weighted by molar-refractivity contribution is 5.31. The number of hydrogen-bond donors (Lipinski definition) is 0. The Morgan fingerprint density at radius 1 is 1.33 bits per heavy atom. The van der Waals surface area contributed by atoms with Gasteiger partial charge in [-0.05, 0) is 42.5 Å². The Morgan fingerprint density at radius 2 is 2.00 bits per heavy atom. The first-order chi connectivity index (χ1) is 8.65. The van der Waals surface area contributed by atoms with Crippen molar-refractivity contribution in [2.45, 2.75) is 26.4 Å². The van der Waals surface area contributed by atoms with Gasteiger partial charge in [-0.25, -0.2) is 0 Å². The lowest BCUT2D eigenvalue weighted by Gasteiger charge is -2.29. The highest BCUT2D eigenvalue weighted by atomic mass is 16.5. The topological polar surface area (TPSA) is 42.2 Å². The molecule has 1 heterocycles. The van der Waals surface area contributed by atoms with Gasteiger partial charge in [0.05, 0.1) is 7.11 Å². The van der Waals surface area contributed by atoms with E-state index in [-0.39, 0.29) is 6.10 Å². The van der Waals surface area contributed by atoms with E-state index in [1.54, 1.807) is 7.11 Å². The summed E-state index contributed by atoms with van der Waals surface area (Å²) in [7, 11) is 1.65. The Balaban J connectivity index is 2.23. The first-order valence-corrected chi connectivity index (χ1v) is 6.07. The molecule has 1 aromatic rings. The van der Waals surface area contributed by atoms with Crippen LogP contribution in [-0.4, -0.2) is 7.11 Å². The lowest BCUT2D eigenvalue weighted by molar-refractivity contribution is 0.0861. The van der Waals surface area contributed by atoms with Crippen molar-refractivity contribution in [3.8, 4) is 11.8 Å². The largest absolute Gasteiger partial charge is 0.497 e. The van der Waals surface area contributed by atoms with Crippen molar-refractivity contribution in [2.24, 2.45) is 5.92 Å². The van der Waals surface area contributed by atoms with Gasteiger partial charge < -0.3 is 9.47 Å². The van der Waals surface area contributed by atoms with E-state index in [4.69, 9.17) is 14.7 Å². The molecule has 3 nitrogen and oxygen atoms in total. The Hall–Kier alpha value is -1.95. The van der Waals surface area contributed by atoms with Crippen LogP contribution in [0.4, 0.5) is 0 Å². The molecule has 0 radical (unpaired) electrons. The third-order valence-corrected chi connectivity index (χ3v) is 3.51. The third-order valence-electron chi connectivity index (χ3n) is 3.51. The fraction of sp³-hybridized carbons (Fsp3) is 0.400. The third kappa shape index (κ3) is 2.33. The molecule has 18 heavy (non-hydrogen) atoms. The number of rotatable bonds is 2. The maximum absolute atomic E-state index is 9.07. The molecule has 2 rings (SSSR count). The number of nitrogens with zero attached hydrogens (tertiary/aromatic N) is 1. The van der Waals surface area contributed by atoms with Crippen molar-refractivity contribution in [2.75, 3.05) is 7.11 Å². The quantitative estimate of drug-likeness (QED) is 0.797. The Kier molecular flexibility index (Phi) is 3.57. The second kappa shape index (κ2) is 5.14. The monoisotopic (exact) mass is 243 g/mol. The molecule has 1 aliphatic heterocycles. The summed E-state index contributed by atoms with van der Waals surface area (Å²) >= 11 is 0. The van der Waals surface area contributed by atoms with Crippen LogP contribution in [0.1, 0.15) is 31.9 Å². The Morgan fingerprint density at radius 3 is 2.56 bits per heavy atom. The minimum absolute atomic E-state index is 0.0377. The van der Waals surface area contributed by atoms with Crippen molar-refractivity contribution in [1.82, 2.24) is 0 Å². The highest BCUT2D eigenvalue weighted by Crippen LogP contribution is 2.37. The fourth-order valence-electron chi connectivity index (χ4n) is 2.14. The SMILES string of the molecule is COc1ccc([C@H]2C[C@H](C)C(C)=C(C#N)O2)cc1. The predicted molar refractivity (Wildman–Crippen MR) is 68.9 cm³/mol. The van der Waals surface area contributed by atoms with Gasteiger partial charge in [-0.15, -0.1) is 0 Å². The zero-order valence-electron chi connectivity index (χ0n) is 10.9. The molecule has 0 saturated carbocycles. The van der Waals surface area contributed by atoms with E-state index in [2.05, 4.69) is 13.0 Å². The molecule has 0 N–H and O–H groups in total. The lowest BCUT2D eigenvalue weighted by Crippen LogP contribution is -2.17. The maximum Gasteiger partial charge on any atom is 0.196 e. The molecule has 3 heteroatoms. The summed E-state index contributed by atoms with van der Waals surface area (Å²) in [5, 5.41) is 9.07. The molecular weight excluding hydrogens is 226 g/mol. The fourth-order valence-corrected chi connectivity index (χ4v) is 2.14. The minimum atomic E-state index is -0.0377. The first-order valence-electron chi connectivity index (χ1n) is 6.07. The van der Waals surface area contributed by atoms with Gasteiger partial charge >= 0.3 is 0 Å². The van der Waals surface area contributed by atoms with E-state index < -0.39 is 0 Å². The van der Waals surface area contributed by atoms with Crippen LogP contribution in [0.2, 0.25) is 0 Å². The van der Waals surface area contributed by atoms with Crippen molar-refractivity contribution >= 4 is 0 Å². The van der Waals surface area contributed by atoms with Gasteiger partial charge in [0.25, 0.3) is 0 Å². The molecule has 0 unspecified atom stereocenters. The molecule has 0 saturated heterocycles. The smallest absolute Gasteiger partial charge is 0.196 e. The standard InChI is InChI=1S/C15H17NO2/c1-10-8-14(18-15(9-16)11(10)2)12-4-6-13(17-3)7-5-12/h4-7,10,14H,8H2,1-3H3/t10-,14+/m0/s1. The Labute approximate surface area is 108 Å². The summed E-state index contributed by atoms with van der Waals surface area (Å²) in [4.78, 5) is 0. The summed E-state index contributed by atoms with van der Waals surface area (Å²) in [6.07, 6.45) is 0.868. The molecule has 1 aliphatic rings. The molecule has 0 spiro atoms. The van der Waals surface area contributed by atoms with Crippen LogP contribution in [-0.2, 0) is 4.74 Å². The maximum atomic E-state index is 9.07. The van der Waals surface area contributed by atoms with Crippen LogP contribution in [0.15, 0.2) is 35.6 Å². The van der Waals surface area contributed by atoms with Crippen molar-refractivity contribution in [3.63, 3.8) is 0 Å². The number of allylic oxidation sites excluding steroid dienone is 2. The summed E-state index contributed by atoms with van der Waals surface area (Å²) in [6.45, 7) is 4.10. The van der Waals surface area contributed by atoms with Gasteiger partial charge in [-0.1, -0.05) is 19.1 Å². The summed E-state index contributed by atoms with van der Waals surface area (Å²) in [6, 6.07) is 9.96. The van der Waals surface area contributed by atoms with E-state index in [1.807, 2.05) is 31.2 Å². The van der Waals surface area contributed by atoms with Crippen LogP contribution in [0, 0.1) is 17.2 Å². The average Bonchev–Trinajstić information content (AvgIpc) is 2.42. The molecule has 0 aromatic heterocycles. The second-order valence-corrected chi connectivity index (χ2v) is 4.64. The molecule has 0 fully saturated rings. The summed E-state index contributed by atoms with van der Waals surface area (Å²) < 4.78 is 10.9. The van der Waals surface area contributed by atoms with E-state index in [0.29, 0.717) is 11.7 Å². The normalized spacial score (nSPS) is 23.2.